The minimum atomic E-state index is -0.986. The predicted octanol–water partition coefficient (Wildman–Crippen LogP) is 8.06. The highest BCUT2D eigenvalue weighted by molar-refractivity contribution is 5.81. The van der Waals surface area contributed by atoms with E-state index in [-0.39, 0.29) is 24.1 Å². The fourth-order valence-electron chi connectivity index (χ4n) is 6.45. The van der Waals surface area contributed by atoms with Crippen molar-refractivity contribution in [1.29, 1.82) is 0 Å². The first-order valence-corrected chi connectivity index (χ1v) is 16.2. The van der Waals surface area contributed by atoms with Crippen LogP contribution in [0.4, 0.5) is 8.78 Å². The van der Waals surface area contributed by atoms with Gasteiger partial charge in [0, 0.05) is 42.3 Å². The molecule has 0 spiro atoms. The number of fused-ring (bicyclic) bond motifs is 1. The van der Waals surface area contributed by atoms with E-state index < -0.39 is 17.2 Å². The molecule has 8 rings (SSSR count). The summed E-state index contributed by atoms with van der Waals surface area (Å²) in [6.07, 6.45) is 5.40. The Balaban J connectivity index is 1.37. The van der Waals surface area contributed by atoms with Crippen molar-refractivity contribution in [1.82, 2.24) is 29.4 Å². The van der Waals surface area contributed by atoms with Crippen molar-refractivity contribution in [2.24, 2.45) is 0 Å². The number of benzene rings is 4. The smallest absolute Gasteiger partial charge is 0.415 e. The first-order chi connectivity index (χ1) is 25.1. The Morgan fingerprint density at radius 3 is 2.02 bits per heavy atom. The number of imidazole rings is 1. The molecule has 9 nitrogen and oxygen atoms in total. The number of ether oxygens (including phenoxy) is 2. The minimum Gasteiger partial charge on any atom is -0.447 e. The monoisotopic (exact) mass is 680 g/mol. The lowest BCUT2D eigenvalue weighted by molar-refractivity contribution is 0.126. The molecule has 4 aromatic carbocycles. The third-order valence-electron chi connectivity index (χ3n) is 8.77. The third-order valence-corrected chi connectivity index (χ3v) is 8.77. The van der Waals surface area contributed by atoms with Gasteiger partial charge in [-0.05, 0) is 41.0 Å². The highest BCUT2D eigenvalue weighted by Gasteiger charge is 2.40. The molecule has 0 fully saturated rings. The van der Waals surface area contributed by atoms with Crippen molar-refractivity contribution < 1.29 is 22.7 Å². The molecule has 0 saturated carbocycles. The lowest BCUT2D eigenvalue weighted by Crippen LogP contribution is -2.38. The maximum Gasteiger partial charge on any atom is 0.415 e. The van der Waals surface area contributed by atoms with Crippen molar-refractivity contribution in [2.75, 3.05) is 20.3 Å². The summed E-state index contributed by atoms with van der Waals surface area (Å²) in [6, 6.07) is 37.4. The standard InChI is InChI=1S/C40H30F2N6O3/c1-49-21-22-50-39-45-44-38(51-39)35-24-43-36-20-17-27(25-47(35)36)33-26-48(46-37(33)32-19-18-31(41)23-34(32)42)40(28-11-5-2-6-12-28,29-13-7-3-8-14-29)30-15-9-4-10-16-30/h2-20,23-26H,21-22H2,1H3. The third kappa shape index (κ3) is 5.73. The number of hydrogen-bond donors (Lipinski definition) is 0. The SMILES string of the molecule is COCCOc1nnc(-c2cnc3ccc(-c4cn(C(c5ccccc5)(c5ccccc5)c5ccccc5)nc4-c4ccc(F)cc4F)cn23)o1. The van der Waals surface area contributed by atoms with Gasteiger partial charge in [0.05, 0.1) is 12.8 Å². The second-order valence-electron chi connectivity index (χ2n) is 11.8. The Bertz CT molecular complexity index is 2330. The van der Waals surface area contributed by atoms with Crippen molar-refractivity contribution in [3.8, 4) is 40.0 Å². The quantitative estimate of drug-likeness (QED) is 0.101. The molecule has 4 aromatic heterocycles. The maximum atomic E-state index is 15.8. The zero-order valence-corrected chi connectivity index (χ0v) is 27.4. The maximum absolute atomic E-state index is 15.8. The van der Waals surface area contributed by atoms with E-state index in [9.17, 15) is 4.39 Å². The van der Waals surface area contributed by atoms with E-state index in [0.29, 0.717) is 34.8 Å². The van der Waals surface area contributed by atoms with Gasteiger partial charge in [-0.1, -0.05) is 96.1 Å². The van der Waals surface area contributed by atoms with Crippen LogP contribution in [0.1, 0.15) is 16.7 Å². The normalized spacial score (nSPS) is 11.7. The van der Waals surface area contributed by atoms with Crippen LogP contribution < -0.4 is 4.74 Å². The molecule has 0 atom stereocenters. The molecular weight excluding hydrogens is 650 g/mol. The number of nitrogens with zero attached hydrogens (tertiary/aromatic N) is 6. The molecule has 0 amide bonds. The summed E-state index contributed by atoms with van der Waals surface area (Å²) < 4.78 is 50.0. The lowest BCUT2D eigenvalue weighted by atomic mass is 9.77. The van der Waals surface area contributed by atoms with Gasteiger partial charge in [0.2, 0.25) is 0 Å². The number of pyridine rings is 1. The van der Waals surface area contributed by atoms with Crippen LogP contribution in [0.3, 0.4) is 0 Å². The molecule has 0 aliphatic heterocycles. The number of halogens is 2. The van der Waals surface area contributed by atoms with Gasteiger partial charge in [0.15, 0.2) is 0 Å². The molecular formula is C40H30F2N6O3. The van der Waals surface area contributed by atoms with Crippen molar-refractivity contribution >= 4 is 5.65 Å². The van der Waals surface area contributed by atoms with E-state index in [4.69, 9.17) is 19.0 Å². The van der Waals surface area contributed by atoms with Crippen molar-refractivity contribution in [3.05, 3.63) is 168 Å². The molecule has 0 saturated heterocycles. The zero-order valence-electron chi connectivity index (χ0n) is 27.4. The molecule has 0 unspecified atom stereocenters. The molecule has 4 heterocycles. The number of hydrogen-bond acceptors (Lipinski definition) is 7. The average molecular weight is 681 g/mol. The highest BCUT2D eigenvalue weighted by Crippen LogP contribution is 2.43. The first-order valence-electron chi connectivity index (χ1n) is 16.2. The van der Waals surface area contributed by atoms with Crippen molar-refractivity contribution in [2.45, 2.75) is 5.54 Å². The van der Waals surface area contributed by atoms with E-state index in [1.165, 1.54) is 12.1 Å². The Morgan fingerprint density at radius 1 is 0.725 bits per heavy atom. The molecule has 0 N–H and O–H groups in total. The minimum absolute atomic E-state index is 0.00239. The van der Waals surface area contributed by atoms with Crippen LogP contribution in [0.5, 0.6) is 6.08 Å². The van der Waals surface area contributed by atoms with Gasteiger partial charge in [0.25, 0.3) is 5.89 Å². The number of methoxy groups -OCH3 is 1. The zero-order chi connectivity index (χ0) is 34.8. The van der Waals surface area contributed by atoms with Crippen LogP contribution in [0.2, 0.25) is 0 Å². The Labute approximate surface area is 291 Å². The van der Waals surface area contributed by atoms with Gasteiger partial charge in [-0.3, -0.25) is 9.08 Å². The molecule has 0 aliphatic carbocycles. The van der Waals surface area contributed by atoms with Crippen LogP contribution in [-0.2, 0) is 10.3 Å². The van der Waals surface area contributed by atoms with Crippen LogP contribution >= 0.6 is 0 Å². The van der Waals surface area contributed by atoms with E-state index in [1.54, 1.807) is 13.3 Å². The van der Waals surface area contributed by atoms with E-state index in [1.807, 2.05) is 88.2 Å². The van der Waals surface area contributed by atoms with Gasteiger partial charge < -0.3 is 13.9 Å². The van der Waals surface area contributed by atoms with Gasteiger partial charge in [-0.15, -0.1) is 5.10 Å². The van der Waals surface area contributed by atoms with E-state index in [2.05, 4.69) is 51.6 Å². The van der Waals surface area contributed by atoms with E-state index >= 15 is 4.39 Å². The summed E-state index contributed by atoms with van der Waals surface area (Å²) in [5.74, 6) is -1.22. The molecule has 11 heteroatoms. The molecule has 0 radical (unpaired) electrons. The first kappa shape index (κ1) is 31.8. The number of rotatable bonds is 11. The fourth-order valence-corrected chi connectivity index (χ4v) is 6.45. The Kier molecular flexibility index (Phi) is 8.38. The molecule has 0 aliphatic rings. The summed E-state index contributed by atoms with van der Waals surface area (Å²) in [7, 11) is 1.57. The summed E-state index contributed by atoms with van der Waals surface area (Å²) in [5.41, 5.74) is 4.73. The molecule has 0 bridgehead atoms. The van der Waals surface area contributed by atoms with Gasteiger partial charge in [-0.2, -0.15) is 5.10 Å². The van der Waals surface area contributed by atoms with Gasteiger partial charge in [-0.25, -0.2) is 13.8 Å². The summed E-state index contributed by atoms with van der Waals surface area (Å²) in [5, 5.41) is 13.4. The van der Waals surface area contributed by atoms with Crippen LogP contribution in [-0.4, -0.2) is 49.7 Å². The Hall–Kier alpha value is -6.46. The average Bonchev–Trinajstić information content (AvgIpc) is 3.93. The highest BCUT2D eigenvalue weighted by atomic mass is 19.1. The summed E-state index contributed by atoms with van der Waals surface area (Å²) in [6.45, 7) is 0.611. The molecule has 252 valence electrons. The summed E-state index contributed by atoms with van der Waals surface area (Å²) in [4.78, 5) is 4.53. The predicted molar refractivity (Wildman–Crippen MR) is 187 cm³/mol. The fraction of sp³-hybridized carbons (Fsp3) is 0.100. The number of aromatic nitrogens is 6. The lowest BCUT2D eigenvalue weighted by Gasteiger charge is -2.36. The topological polar surface area (TPSA) is 92.5 Å². The molecule has 51 heavy (non-hydrogen) atoms. The van der Waals surface area contributed by atoms with Gasteiger partial charge in [0.1, 0.15) is 40.8 Å². The second kappa shape index (κ2) is 13.4. The van der Waals surface area contributed by atoms with Crippen LogP contribution in [0, 0.1) is 11.6 Å². The summed E-state index contributed by atoms with van der Waals surface area (Å²) >= 11 is 0. The van der Waals surface area contributed by atoms with Crippen molar-refractivity contribution in [3.63, 3.8) is 0 Å². The van der Waals surface area contributed by atoms with Crippen LogP contribution in [0.25, 0.3) is 39.6 Å². The largest absolute Gasteiger partial charge is 0.447 e. The Morgan fingerprint density at radius 2 is 1.39 bits per heavy atom. The van der Waals surface area contributed by atoms with E-state index in [0.717, 1.165) is 22.8 Å². The van der Waals surface area contributed by atoms with Gasteiger partial charge >= 0.3 is 6.08 Å². The van der Waals surface area contributed by atoms with Crippen LogP contribution in [0.15, 0.2) is 144 Å². The second-order valence-corrected chi connectivity index (χ2v) is 11.8. The molecule has 8 aromatic rings.